The average molecular weight is 398 g/mol. The van der Waals surface area contributed by atoms with Crippen molar-refractivity contribution in [1.82, 2.24) is 4.90 Å². The van der Waals surface area contributed by atoms with Gasteiger partial charge in [-0.15, -0.1) is 0 Å². The second-order valence-corrected chi connectivity index (χ2v) is 7.84. The van der Waals surface area contributed by atoms with Crippen molar-refractivity contribution in [3.63, 3.8) is 0 Å². The van der Waals surface area contributed by atoms with Gasteiger partial charge in [-0.2, -0.15) is 3.89 Å². The minimum Gasteiger partial charge on any atom is -0.493 e. The van der Waals surface area contributed by atoms with Gasteiger partial charge >= 0.3 is 0 Å². The molecule has 1 fully saturated rings. The number of methoxy groups -OCH3 is 1. The molecule has 0 N–H and O–H groups in total. The largest absolute Gasteiger partial charge is 0.493 e. The van der Waals surface area contributed by atoms with E-state index in [1.165, 1.54) is 43.4 Å². The molecule has 2 aliphatic heterocycles. The third kappa shape index (κ3) is 5.77. The summed E-state index contributed by atoms with van der Waals surface area (Å²) in [6.07, 6.45) is 6.99. The molecular weight excluding hydrogens is 361 g/mol. The highest BCUT2D eigenvalue weighted by atomic mass is 32.2. The zero-order chi connectivity index (χ0) is 19.6. The van der Waals surface area contributed by atoms with Crippen LogP contribution < -0.4 is 9.47 Å². The Balaban J connectivity index is 0.00000126. The zero-order valence-electron chi connectivity index (χ0n) is 17.4. The van der Waals surface area contributed by atoms with Crippen molar-refractivity contribution in [3.05, 3.63) is 23.3 Å². The fraction of sp³-hybridized carbons (Fsp3) is 0.727. The van der Waals surface area contributed by atoms with Crippen molar-refractivity contribution >= 4 is 12.1 Å². The van der Waals surface area contributed by atoms with Crippen molar-refractivity contribution in [2.24, 2.45) is 5.92 Å². The van der Waals surface area contributed by atoms with E-state index in [2.05, 4.69) is 24.0 Å². The number of fused-ring (bicyclic) bond motifs is 3. The van der Waals surface area contributed by atoms with Gasteiger partial charge < -0.3 is 9.47 Å². The van der Waals surface area contributed by atoms with E-state index < -0.39 is 0 Å². The summed E-state index contributed by atoms with van der Waals surface area (Å²) in [6, 6.07) is 4.88. The predicted octanol–water partition coefficient (Wildman–Crippen LogP) is 6.22. The van der Waals surface area contributed by atoms with Gasteiger partial charge in [0.1, 0.15) is 0 Å². The Kier molecular flexibility index (Phi) is 9.77. The minimum atomic E-state index is 0.369. The summed E-state index contributed by atoms with van der Waals surface area (Å²) in [7, 11) is 1.70. The molecule has 0 amide bonds. The SMILES string of the molecule is CC.CCCC1CCC2c3cc(OC)c(OCCCSF)cc3CCN2C1. The number of ether oxygens (including phenoxy) is 2. The van der Waals surface area contributed by atoms with Crippen LogP contribution in [0.4, 0.5) is 3.89 Å². The number of benzene rings is 1. The third-order valence-electron chi connectivity index (χ3n) is 5.55. The van der Waals surface area contributed by atoms with Crippen LogP contribution in [0.5, 0.6) is 11.5 Å². The molecule has 27 heavy (non-hydrogen) atoms. The van der Waals surface area contributed by atoms with Crippen LogP contribution in [0.1, 0.15) is 70.0 Å². The molecule has 1 aromatic rings. The first-order chi connectivity index (χ1) is 13.3. The van der Waals surface area contributed by atoms with E-state index in [0.29, 0.717) is 37.0 Å². The smallest absolute Gasteiger partial charge is 0.161 e. The van der Waals surface area contributed by atoms with Crippen LogP contribution >= 0.6 is 12.1 Å². The predicted molar refractivity (Wildman–Crippen MR) is 114 cm³/mol. The molecule has 2 atom stereocenters. The highest BCUT2D eigenvalue weighted by Gasteiger charge is 2.33. The maximum atomic E-state index is 12.2. The highest BCUT2D eigenvalue weighted by molar-refractivity contribution is 7.94. The number of piperidine rings is 1. The molecule has 1 aromatic carbocycles. The molecule has 1 saturated heterocycles. The first-order valence-corrected chi connectivity index (χ1v) is 11.5. The maximum absolute atomic E-state index is 12.2. The fourth-order valence-electron chi connectivity index (χ4n) is 4.35. The Labute approximate surface area is 169 Å². The van der Waals surface area contributed by atoms with E-state index >= 15 is 0 Å². The summed E-state index contributed by atoms with van der Waals surface area (Å²) in [5.41, 5.74) is 2.82. The topological polar surface area (TPSA) is 21.7 Å². The zero-order valence-corrected chi connectivity index (χ0v) is 18.2. The summed E-state index contributed by atoms with van der Waals surface area (Å²) >= 11 is 0.369. The lowest BCUT2D eigenvalue weighted by molar-refractivity contribution is 0.0943. The van der Waals surface area contributed by atoms with E-state index in [4.69, 9.17) is 9.47 Å². The quantitative estimate of drug-likeness (QED) is 0.486. The van der Waals surface area contributed by atoms with Gasteiger partial charge in [-0.05, 0) is 61.3 Å². The van der Waals surface area contributed by atoms with Crippen LogP contribution in [0, 0.1) is 5.92 Å². The van der Waals surface area contributed by atoms with Gasteiger partial charge in [-0.25, -0.2) is 0 Å². The molecule has 0 saturated carbocycles. The molecule has 0 aliphatic carbocycles. The highest BCUT2D eigenvalue weighted by Crippen LogP contribution is 2.43. The summed E-state index contributed by atoms with van der Waals surface area (Å²) in [6.45, 7) is 9.19. The summed E-state index contributed by atoms with van der Waals surface area (Å²) in [5.74, 6) is 2.95. The number of hydrogen-bond donors (Lipinski definition) is 0. The second-order valence-electron chi connectivity index (χ2n) is 7.21. The van der Waals surface area contributed by atoms with Crippen LogP contribution in [0.2, 0.25) is 0 Å². The fourth-order valence-corrected chi connectivity index (χ4v) is 4.57. The number of rotatable bonds is 8. The van der Waals surface area contributed by atoms with Crippen LogP contribution in [0.3, 0.4) is 0 Å². The number of hydrogen-bond acceptors (Lipinski definition) is 4. The lowest BCUT2D eigenvalue weighted by Gasteiger charge is -2.44. The molecule has 2 unspecified atom stereocenters. The van der Waals surface area contributed by atoms with Crippen LogP contribution in [0.15, 0.2) is 12.1 Å². The molecule has 0 aromatic heterocycles. The molecule has 2 aliphatic rings. The number of halogens is 1. The molecule has 3 nitrogen and oxygen atoms in total. The molecule has 3 rings (SSSR count). The molecule has 0 bridgehead atoms. The van der Waals surface area contributed by atoms with Crippen LogP contribution in [-0.4, -0.2) is 37.5 Å². The Bertz CT molecular complexity index is 569. The summed E-state index contributed by atoms with van der Waals surface area (Å²) in [4.78, 5) is 2.67. The van der Waals surface area contributed by atoms with E-state index in [1.54, 1.807) is 7.11 Å². The molecule has 0 spiro atoms. The Morgan fingerprint density at radius 1 is 1.22 bits per heavy atom. The standard InChI is InChI=1S/C20H30FNO2S.C2H6/c1-3-5-15-6-7-18-17-13-19(23-2)20(24-10-4-11-25-21)12-16(17)8-9-22(18)14-15;1-2/h12-13,15,18H,3-11,14H2,1-2H3;1-2H3. The van der Waals surface area contributed by atoms with Gasteiger partial charge in [0.25, 0.3) is 0 Å². The van der Waals surface area contributed by atoms with Gasteiger partial charge in [0.15, 0.2) is 11.5 Å². The normalized spacial score (nSPS) is 21.5. The molecule has 154 valence electrons. The monoisotopic (exact) mass is 397 g/mol. The van der Waals surface area contributed by atoms with Crippen LogP contribution in [0.25, 0.3) is 0 Å². The molecular formula is C22H36FNO2S. The summed E-state index contributed by atoms with van der Waals surface area (Å²) in [5, 5.41) is 0. The van der Waals surface area contributed by atoms with Crippen molar-refractivity contribution in [2.45, 2.75) is 65.3 Å². The molecule has 2 heterocycles. The van der Waals surface area contributed by atoms with E-state index in [0.717, 1.165) is 30.4 Å². The van der Waals surface area contributed by atoms with Gasteiger partial charge in [-0.3, -0.25) is 4.90 Å². The van der Waals surface area contributed by atoms with Crippen molar-refractivity contribution < 1.29 is 13.4 Å². The van der Waals surface area contributed by atoms with E-state index in [9.17, 15) is 3.89 Å². The molecule has 0 radical (unpaired) electrons. The molecule has 5 heteroatoms. The lowest BCUT2D eigenvalue weighted by atomic mass is 9.82. The maximum Gasteiger partial charge on any atom is 0.161 e. The third-order valence-corrected chi connectivity index (χ3v) is 6.00. The average Bonchev–Trinajstić information content (AvgIpc) is 2.72. The Morgan fingerprint density at radius 2 is 2.04 bits per heavy atom. The van der Waals surface area contributed by atoms with Gasteiger partial charge in [0.05, 0.1) is 13.7 Å². The van der Waals surface area contributed by atoms with Crippen molar-refractivity contribution in [1.29, 1.82) is 0 Å². The Hall–Kier alpha value is -0.940. The minimum absolute atomic E-state index is 0.369. The van der Waals surface area contributed by atoms with E-state index in [-0.39, 0.29) is 0 Å². The second kappa shape index (κ2) is 11.8. The van der Waals surface area contributed by atoms with Gasteiger partial charge in [-0.1, -0.05) is 27.2 Å². The van der Waals surface area contributed by atoms with Crippen molar-refractivity contribution in [3.8, 4) is 11.5 Å². The first kappa shape index (κ1) is 22.4. The van der Waals surface area contributed by atoms with Gasteiger partial charge in [0.2, 0.25) is 0 Å². The van der Waals surface area contributed by atoms with Crippen molar-refractivity contribution in [2.75, 3.05) is 32.6 Å². The summed E-state index contributed by atoms with van der Waals surface area (Å²) < 4.78 is 23.6. The van der Waals surface area contributed by atoms with E-state index in [1.807, 2.05) is 13.8 Å². The number of nitrogens with zero attached hydrogens (tertiary/aromatic N) is 1. The van der Waals surface area contributed by atoms with Crippen LogP contribution in [-0.2, 0) is 6.42 Å². The lowest BCUT2D eigenvalue weighted by Crippen LogP contribution is -2.42. The Morgan fingerprint density at radius 3 is 2.74 bits per heavy atom. The van der Waals surface area contributed by atoms with Gasteiger partial charge in [0, 0.05) is 37.0 Å². The first-order valence-electron chi connectivity index (χ1n) is 10.6.